The summed E-state index contributed by atoms with van der Waals surface area (Å²) in [5.41, 5.74) is -0.250. The number of halogens is 3. The minimum atomic E-state index is -5.08. The van der Waals surface area contributed by atoms with E-state index >= 15 is 0 Å². The van der Waals surface area contributed by atoms with Crippen LogP contribution in [0.15, 0.2) is 24.4 Å². The molecule has 2 saturated heterocycles. The third-order valence-electron chi connectivity index (χ3n) is 4.69. The Kier molecular flexibility index (Phi) is 8.02. The van der Waals surface area contributed by atoms with Crippen LogP contribution in [0.1, 0.15) is 19.3 Å². The molecule has 0 aromatic carbocycles. The standard InChI is InChI=1S/C17H25N3O3.C2HF3O2/c1-19(2)11-16(21)20-9-5-7-17(13-20)10-14(12-22-17)23-15-6-3-4-8-18-15;3-2(4,5)1(6)7/h3-4,6,8,14H,5,7,9-13H2,1-2H3;(H,6,7)/t14-,17-;/m0./s1. The van der Waals surface area contributed by atoms with Crippen LogP contribution in [-0.2, 0) is 14.3 Å². The number of amides is 1. The van der Waals surface area contributed by atoms with E-state index < -0.39 is 12.1 Å². The van der Waals surface area contributed by atoms with Crippen molar-refractivity contribution in [3.8, 4) is 5.88 Å². The Morgan fingerprint density at radius 2 is 2.10 bits per heavy atom. The predicted octanol–water partition coefficient (Wildman–Crippen LogP) is 1.81. The van der Waals surface area contributed by atoms with Crippen molar-refractivity contribution in [2.45, 2.75) is 37.1 Å². The first-order valence-electron chi connectivity index (χ1n) is 9.45. The van der Waals surface area contributed by atoms with Crippen LogP contribution in [0.25, 0.3) is 0 Å². The van der Waals surface area contributed by atoms with Gasteiger partial charge in [-0.3, -0.25) is 4.79 Å². The zero-order valence-electron chi connectivity index (χ0n) is 16.9. The summed E-state index contributed by atoms with van der Waals surface area (Å²) < 4.78 is 43.7. The Labute approximate surface area is 172 Å². The minimum Gasteiger partial charge on any atom is -0.475 e. The summed E-state index contributed by atoms with van der Waals surface area (Å²) >= 11 is 0. The maximum absolute atomic E-state index is 12.3. The summed E-state index contributed by atoms with van der Waals surface area (Å²) in [6.45, 7) is 2.50. The summed E-state index contributed by atoms with van der Waals surface area (Å²) in [5, 5.41) is 7.12. The van der Waals surface area contributed by atoms with Crippen LogP contribution in [0.3, 0.4) is 0 Å². The zero-order chi connectivity index (χ0) is 22.4. The lowest BCUT2D eigenvalue weighted by Gasteiger charge is -2.40. The number of piperidine rings is 1. The van der Waals surface area contributed by atoms with Gasteiger partial charge in [0.1, 0.15) is 6.10 Å². The molecule has 1 amide bonds. The summed E-state index contributed by atoms with van der Waals surface area (Å²) in [4.78, 5) is 29.3. The molecule has 0 saturated carbocycles. The second-order valence-corrected chi connectivity index (χ2v) is 7.57. The molecule has 1 aromatic heterocycles. The topological polar surface area (TPSA) is 92.2 Å². The van der Waals surface area contributed by atoms with E-state index in [0.29, 0.717) is 25.6 Å². The lowest BCUT2D eigenvalue weighted by molar-refractivity contribution is -0.192. The number of aromatic nitrogens is 1. The van der Waals surface area contributed by atoms with E-state index in [2.05, 4.69) is 4.98 Å². The van der Waals surface area contributed by atoms with Gasteiger partial charge in [-0.2, -0.15) is 13.2 Å². The number of likely N-dealkylation sites (tertiary alicyclic amines) is 1. The molecule has 0 unspecified atom stereocenters. The van der Waals surface area contributed by atoms with Crippen LogP contribution in [0.5, 0.6) is 5.88 Å². The lowest BCUT2D eigenvalue weighted by atomic mass is 9.89. The van der Waals surface area contributed by atoms with Gasteiger partial charge in [0.2, 0.25) is 11.8 Å². The van der Waals surface area contributed by atoms with Crippen LogP contribution in [-0.4, -0.2) is 90.0 Å². The predicted molar refractivity (Wildman–Crippen MR) is 100 cm³/mol. The normalized spacial score (nSPS) is 23.8. The van der Waals surface area contributed by atoms with Crippen molar-refractivity contribution >= 4 is 11.9 Å². The van der Waals surface area contributed by atoms with Crippen LogP contribution >= 0.6 is 0 Å². The Morgan fingerprint density at radius 1 is 1.40 bits per heavy atom. The maximum Gasteiger partial charge on any atom is 0.490 e. The number of likely N-dealkylation sites (N-methyl/N-ethyl adjacent to an activating group) is 1. The Balaban J connectivity index is 0.000000396. The third-order valence-corrected chi connectivity index (χ3v) is 4.69. The van der Waals surface area contributed by atoms with E-state index in [-0.39, 0.29) is 17.6 Å². The second kappa shape index (κ2) is 10.1. The van der Waals surface area contributed by atoms with E-state index in [4.69, 9.17) is 19.4 Å². The molecule has 0 aliphatic carbocycles. The van der Waals surface area contributed by atoms with Gasteiger partial charge in [-0.1, -0.05) is 6.07 Å². The number of rotatable bonds is 4. The van der Waals surface area contributed by atoms with Gasteiger partial charge in [0, 0.05) is 31.8 Å². The van der Waals surface area contributed by atoms with Crippen molar-refractivity contribution in [2.24, 2.45) is 0 Å². The first-order valence-corrected chi connectivity index (χ1v) is 9.45. The summed E-state index contributed by atoms with van der Waals surface area (Å²) in [5.74, 6) is -1.95. The summed E-state index contributed by atoms with van der Waals surface area (Å²) in [6.07, 6.45) is -0.566. The highest BCUT2D eigenvalue weighted by molar-refractivity contribution is 5.78. The fourth-order valence-electron chi connectivity index (χ4n) is 3.43. The van der Waals surface area contributed by atoms with Gasteiger partial charge >= 0.3 is 12.1 Å². The van der Waals surface area contributed by atoms with Gasteiger partial charge in [-0.25, -0.2) is 9.78 Å². The molecule has 0 radical (unpaired) electrons. The molecular formula is C19H26F3N3O5. The van der Waals surface area contributed by atoms with E-state index in [9.17, 15) is 18.0 Å². The number of carboxylic acids is 1. The molecule has 2 aliphatic rings. The molecule has 11 heteroatoms. The summed E-state index contributed by atoms with van der Waals surface area (Å²) in [7, 11) is 3.83. The fraction of sp³-hybridized carbons (Fsp3) is 0.632. The van der Waals surface area contributed by atoms with Crippen LogP contribution < -0.4 is 4.74 Å². The fourth-order valence-corrected chi connectivity index (χ4v) is 3.43. The van der Waals surface area contributed by atoms with Crippen LogP contribution in [0.4, 0.5) is 13.2 Å². The number of carboxylic acid groups (broad SMARTS) is 1. The number of aliphatic carboxylic acids is 1. The molecule has 2 fully saturated rings. The van der Waals surface area contributed by atoms with Gasteiger partial charge in [0.25, 0.3) is 0 Å². The highest BCUT2D eigenvalue weighted by Crippen LogP contribution is 2.36. The number of alkyl halides is 3. The molecule has 3 rings (SSSR count). The van der Waals surface area contributed by atoms with Gasteiger partial charge in [-0.05, 0) is 33.0 Å². The molecule has 8 nitrogen and oxygen atoms in total. The molecule has 3 heterocycles. The van der Waals surface area contributed by atoms with Crippen LogP contribution in [0, 0.1) is 0 Å². The Morgan fingerprint density at radius 3 is 2.67 bits per heavy atom. The maximum atomic E-state index is 12.3. The Hall–Kier alpha value is -2.40. The molecule has 1 aromatic rings. The van der Waals surface area contributed by atoms with Gasteiger partial charge in [0.05, 0.1) is 18.8 Å². The van der Waals surface area contributed by atoms with Crippen molar-refractivity contribution in [1.82, 2.24) is 14.8 Å². The molecule has 0 bridgehead atoms. The van der Waals surface area contributed by atoms with Crippen molar-refractivity contribution in [3.63, 3.8) is 0 Å². The molecule has 1 spiro atoms. The third kappa shape index (κ3) is 7.13. The Bertz CT molecular complexity index is 717. The van der Waals surface area contributed by atoms with Gasteiger partial charge in [-0.15, -0.1) is 0 Å². The molecule has 168 valence electrons. The van der Waals surface area contributed by atoms with E-state index in [1.54, 1.807) is 6.20 Å². The zero-order valence-corrected chi connectivity index (χ0v) is 16.9. The first kappa shape index (κ1) is 23.9. The highest BCUT2D eigenvalue weighted by Gasteiger charge is 2.45. The van der Waals surface area contributed by atoms with Crippen molar-refractivity contribution in [1.29, 1.82) is 0 Å². The van der Waals surface area contributed by atoms with Gasteiger partial charge < -0.3 is 24.4 Å². The number of hydrogen-bond donors (Lipinski definition) is 1. The SMILES string of the molecule is CN(C)CC(=O)N1CCC[C@]2(C[C@H](Oc3ccccn3)CO2)C1.O=C(O)C(F)(F)F. The lowest BCUT2D eigenvalue weighted by Crippen LogP contribution is -2.52. The molecule has 2 atom stereocenters. The number of carbonyl (C=O) groups excluding carboxylic acids is 1. The van der Waals surface area contributed by atoms with Gasteiger partial charge in [0.15, 0.2) is 0 Å². The monoisotopic (exact) mass is 433 g/mol. The minimum absolute atomic E-state index is 0.00815. The number of carbonyl (C=O) groups is 2. The average Bonchev–Trinajstić information content (AvgIpc) is 3.03. The summed E-state index contributed by atoms with van der Waals surface area (Å²) in [6, 6.07) is 5.64. The highest BCUT2D eigenvalue weighted by atomic mass is 19.4. The number of hydrogen-bond acceptors (Lipinski definition) is 6. The van der Waals surface area contributed by atoms with Crippen molar-refractivity contribution in [3.05, 3.63) is 24.4 Å². The first-order chi connectivity index (χ1) is 14.0. The largest absolute Gasteiger partial charge is 0.490 e. The number of ether oxygens (including phenoxy) is 2. The van der Waals surface area contributed by atoms with Crippen molar-refractivity contribution < 1.29 is 37.3 Å². The van der Waals surface area contributed by atoms with E-state index in [1.807, 2.05) is 42.1 Å². The van der Waals surface area contributed by atoms with Crippen molar-refractivity contribution in [2.75, 3.05) is 40.3 Å². The average molecular weight is 433 g/mol. The molecular weight excluding hydrogens is 407 g/mol. The van der Waals surface area contributed by atoms with E-state index in [0.717, 1.165) is 25.8 Å². The number of nitrogens with zero attached hydrogens (tertiary/aromatic N) is 3. The quantitative estimate of drug-likeness (QED) is 0.774. The molecule has 1 N–H and O–H groups in total. The smallest absolute Gasteiger partial charge is 0.475 e. The van der Waals surface area contributed by atoms with Crippen LogP contribution in [0.2, 0.25) is 0 Å². The molecule has 30 heavy (non-hydrogen) atoms. The number of pyridine rings is 1. The van der Waals surface area contributed by atoms with E-state index in [1.165, 1.54) is 0 Å². The molecule has 2 aliphatic heterocycles. The second-order valence-electron chi connectivity index (χ2n) is 7.57.